The van der Waals surface area contributed by atoms with Crippen molar-refractivity contribution in [1.29, 1.82) is 0 Å². The normalized spacial score (nSPS) is 14.7. The van der Waals surface area contributed by atoms with Crippen molar-refractivity contribution in [1.82, 2.24) is 0 Å². The second kappa shape index (κ2) is 4.69. The first-order valence-corrected chi connectivity index (χ1v) is 3.83. The summed E-state index contributed by atoms with van der Waals surface area (Å²) < 4.78 is 5.12. The first-order chi connectivity index (χ1) is 4.54. The van der Waals surface area contributed by atoms with Gasteiger partial charge < -0.3 is 9.84 Å². The maximum atomic E-state index is 9.15. The largest absolute Gasteiger partial charge is 0.368 e. The van der Waals surface area contributed by atoms with E-state index >= 15 is 0 Å². The van der Waals surface area contributed by atoms with Crippen molar-refractivity contribution in [3.63, 3.8) is 0 Å². The Labute approximate surface area is 63.2 Å². The zero-order valence-corrected chi connectivity index (χ0v) is 7.29. The van der Waals surface area contributed by atoms with Crippen LogP contribution in [0, 0.1) is 11.8 Å². The molecule has 1 unspecified atom stereocenters. The van der Waals surface area contributed by atoms with E-state index in [2.05, 4.69) is 13.8 Å². The molecule has 0 heterocycles. The van der Waals surface area contributed by atoms with Gasteiger partial charge in [-0.05, 0) is 5.92 Å². The Balaban J connectivity index is 3.30. The molecule has 0 radical (unpaired) electrons. The second-order valence-electron chi connectivity index (χ2n) is 3.36. The van der Waals surface area contributed by atoms with Gasteiger partial charge in [-0.25, -0.2) is 0 Å². The zero-order valence-electron chi connectivity index (χ0n) is 7.29. The average Bonchev–Trinajstić information content (AvgIpc) is 1.82. The maximum absolute atomic E-state index is 9.15. The van der Waals surface area contributed by atoms with Gasteiger partial charge in [0.2, 0.25) is 0 Å². The topological polar surface area (TPSA) is 29.5 Å². The summed E-state index contributed by atoms with van der Waals surface area (Å²) in [6.07, 6.45) is -0.595. The summed E-state index contributed by atoms with van der Waals surface area (Å²) >= 11 is 0. The molecule has 0 aromatic heterocycles. The maximum Gasteiger partial charge on any atom is 0.156 e. The molecule has 0 aliphatic rings. The molecule has 10 heavy (non-hydrogen) atoms. The van der Waals surface area contributed by atoms with E-state index in [0.29, 0.717) is 12.5 Å². The summed E-state index contributed by atoms with van der Waals surface area (Å²) in [6.45, 7) is 8.63. The molecule has 0 aromatic carbocycles. The lowest BCUT2D eigenvalue weighted by Gasteiger charge is -2.16. The first-order valence-electron chi connectivity index (χ1n) is 3.83. The van der Waals surface area contributed by atoms with Gasteiger partial charge in [-0.2, -0.15) is 0 Å². The van der Waals surface area contributed by atoms with Crippen molar-refractivity contribution >= 4 is 0 Å². The van der Waals surface area contributed by atoms with E-state index in [1.165, 1.54) is 0 Å². The number of hydrogen-bond acceptors (Lipinski definition) is 2. The van der Waals surface area contributed by atoms with Crippen LogP contribution in [0.5, 0.6) is 0 Å². The summed E-state index contributed by atoms with van der Waals surface area (Å²) in [5.41, 5.74) is 0. The van der Waals surface area contributed by atoms with Crippen LogP contribution < -0.4 is 0 Å². The van der Waals surface area contributed by atoms with Gasteiger partial charge >= 0.3 is 0 Å². The van der Waals surface area contributed by atoms with Crippen LogP contribution in [0.2, 0.25) is 0 Å². The molecule has 0 spiro atoms. The van der Waals surface area contributed by atoms with Crippen LogP contribution in [0.1, 0.15) is 27.7 Å². The van der Waals surface area contributed by atoms with Crippen LogP contribution in [0.3, 0.4) is 0 Å². The zero-order chi connectivity index (χ0) is 8.15. The fourth-order valence-electron chi connectivity index (χ4n) is 0.483. The summed E-state index contributed by atoms with van der Waals surface area (Å²) in [6, 6.07) is 0. The van der Waals surface area contributed by atoms with Crippen LogP contribution in [0.15, 0.2) is 0 Å². The minimum atomic E-state index is -0.595. The molecule has 1 atom stereocenters. The molecule has 1 N–H and O–H groups in total. The number of rotatable bonds is 4. The van der Waals surface area contributed by atoms with Crippen LogP contribution in [-0.4, -0.2) is 18.0 Å². The smallest absolute Gasteiger partial charge is 0.156 e. The van der Waals surface area contributed by atoms with Crippen molar-refractivity contribution in [3.05, 3.63) is 0 Å². The van der Waals surface area contributed by atoms with E-state index < -0.39 is 6.29 Å². The predicted octanol–water partition coefficient (Wildman–Crippen LogP) is 1.63. The summed E-state index contributed by atoms with van der Waals surface area (Å²) in [5.74, 6) is 0.687. The van der Waals surface area contributed by atoms with Crippen LogP contribution in [0.4, 0.5) is 0 Å². The third-order valence-corrected chi connectivity index (χ3v) is 1.17. The number of aliphatic hydroxyl groups is 1. The van der Waals surface area contributed by atoms with Gasteiger partial charge in [0.05, 0.1) is 6.61 Å². The number of aliphatic hydroxyl groups excluding tert-OH is 1. The highest BCUT2D eigenvalue weighted by Gasteiger charge is 2.08. The van der Waals surface area contributed by atoms with E-state index in [4.69, 9.17) is 9.84 Å². The molecule has 2 nitrogen and oxygen atoms in total. The molecular weight excluding hydrogens is 128 g/mol. The summed E-state index contributed by atoms with van der Waals surface area (Å²) in [4.78, 5) is 0. The highest BCUT2D eigenvalue weighted by atomic mass is 16.6. The fraction of sp³-hybridized carbons (Fsp3) is 1.00. The lowest BCUT2D eigenvalue weighted by atomic mass is 10.2. The van der Waals surface area contributed by atoms with E-state index in [-0.39, 0.29) is 5.92 Å². The van der Waals surface area contributed by atoms with Crippen molar-refractivity contribution in [3.8, 4) is 0 Å². The Bertz CT molecular complexity index is 79.3. The molecule has 2 heteroatoms. The molecule has 0 fully saturated rings. The monoisotopic (exact) mass is 146 g/mol. The highest BCUT2D eigenvalue weighted by molar-refractivity contribution is 4.48. The molecule has 0 saturated carbocycles. The van der Waals surface area contributed by atoms with E-state index in [1.54, 1.807) is 0 Å². The minimum Gasteiger partial charge on any atom is -0.368 e. The van der Waals surface area contributed by atoms with Gasteiger partial charge in [0.1, 0.15) is 0 Å². The minimum absolute atomic E-state index is 0.193. The van der Waals surface area contributed by atoms with E-state index in [9.17, 15) is 0 Å². The summed E-state index contributed by atoms with van der Waals surface area (Å²) in [5, 5.41) is 9.15. The van der Waals surface area contributed by atoms with Gasteiger partial charge in [0.15, 0.2) is 6.29 Å². The molecule has 0 aromatic rings. The molecule has 0 aliphatic carbocycles. The third-order valence-electron chi connectivity index (χ3n) is 1.17. The Hall–Kier alpha value is -0.0800. The Kier molecular flexibility index (Phi) is 4.65. The highest BCUT2D eigenvalue weighted by Crippen LogP contribution is 2.04. The first kappa shape index (κ1) is 9.92. The predicted molar refractivity (Wildman–Crippen MR) is 41.6 cm³/mol. The van der Waals surface area contributed by atoms with Crippen molar-refractivity contribution in [2.75, 3.05) is 6.61 Å². The van der Waals surface area contributed by atoms with Gasteiger partial charge in [-0.1, -0.05) is 27.7 Å². The molecule has 0 amide bonds. The van der Waals surface area contributed by atoms with Crippen LogP contribution in [-0.2, 0) is 4.74 Å². The Morgan fingerprint density at radius 1 is 1.20 bits per heavy atom. The van der Waals surface area contributed by atoms with Gasteiger partial charge in [0, 0.05) is 5.92 Å². The molecule has 0 saturated heterocycles. The Morgan fingerprint density at radius 2 is 1.70 bits per heavy atom. The number of ether oxygens (including phenoxy) is 1. The lowest BCUT2D eigenvalue weighted by molar-refractivity contribution is -0.132. The third kappa shape index (κ3) is 4.77. The van der Waals surface area contributed by atoms with E-state index in [0.717, 1.165) is 0 Å². The lowest BCUT2D eigenvalue weighted by Crippen LogP contribution is -2.21. The molecule has 0 rings (SSSR count). The standard InChI is InChI=1S/C8H18O2/c1-6(2)5-10-8(9)7(3)4/h6-9H,5H2,1-4H3. The Morgan fingerprint density at radius 3 is 2.00 bits per heavy atom. The molecule has 0 bridgehead atoms. The quantitative estimate of drug-likeness (QED) is 0.611. The second-order valence-corrected chi connectivity index (χ2v) is 3.36. The SMILES string of the molecule is CC(C)COC(O)C(C)C. The van der Waals surface area contributed by atoms with Crippen LogP contribution in [0.25, 0.3) is 0 Å². The van der Waals surface area contributed by atoms with Crippen molar-refractivity contribution in [2.24, 2.45) is 11.8 Å². The van der Waals surface area contributed by atoms with Gasteiger partial charge in [-0.3, -0.25) is 0 Å². The average molecular weight is 146 g/mol. The van der Waals surface area contributed by atoms with E-state index in [1.807, 2.05) is 13.8 Å². The number of hydrogen-bond donors (Lipinski definition) is 1. The van der Waals surface area contributed by atoms with Gasteiger partial charge in [0.25, 0.3) is 0 Å². The fourth-order valence-corrected chi connectivity index (χ4v) is 0.483. The molecular formula is C8H18O2. The van der Waals surface area contributed by atoms with Gasteiger partial charge in [-0.15, -0.1) is 0 Å². The van der Waals surface area contributed by atoms with Crippen LogP contribution >= 0.6 is 0 Å². The molecule has 0 aliphatic heterocycles. The van der Waals surface area contributed by atoms with Crippen molar-refractivity contribution in [2.45, 2.75) is 34.0 Å². The molecule has 62 valence electrons. The summed E-state index contributed by atoms with van der Waals surface area (Å²) in [7, 11) is 0. The van der Waals surface area contributed by atoms with Crippen molar-refractivity contribution < 1.29 is 9.84 Å².